The summed E-state index contributed by atoms with van der Waals surface area (Å²) in [6.45, 7) is -0.00215. The van der Waals surface area contributed by atoms with Crippen LogP contribution in [0.15, 0.2) is 27.1 Å². The minimum atomic E-state index is -1.06. The van der Waals surface area contributed by atoms with E-state index in [1.54, 1.807) is 18.2 Å². The molecule has 0 fully saturated rings. The van der Waals surface area contributed by atoms with E-state index in [9.17, 15) is 4.79 Å². The van der Waals surface area contributed by atoms with E-state index in [1.165, 1.54) is 7.11 Å². The zero-order chi connectivity index (χ0) is 12.1. The van der Waals surface area contributed by atoms with E-state index < -0.39 is 12.1 Å². The summed E-state index contributed by atoms with van der Waals surface area (Å²) in [5.74, 6) is -0.593. The monoisotopic (exact) mass is 352 g/mol. The molecular weight excluding hydrogens is 344 g/mol. The Balaban J connectivity index is 2.81. The molecule has 0 amide bonds. The second-order valence-electron chi connectivity index (χ2n) is 2.97. The van der Waals surface area contributed by atoms with E-state index in [-0.39, 0.29) is 6.61 Å². The van der Waals surface area contributed by atoms with Crippen molar-refractivity contribution in [2.45, 2.75) is 6.10 Å². The molecule has 0 radical (unpaired) electrons. The van der Waals surface area contributed by atoms with Gasteiger partial charge in [-0.15, -0.1) is 0 Å². The molecule has 16 heavy (non-hydrogen) atoms. The van der Waals surface area contributed by atoms with Crippen molar-refractivity contribution in [2.24, 2.45) is 0 Å². The Morgan fingerprint density at radius 1 is 1.50 bits per heavy atom. The molecule has 0 heterocycles. The average molecular weight is 354 g/mol. The van der Waals surface area contributed by atoms with E-state index in [1.807, 2.05) is 0 Å². The van der Waals surface area contributed by atoms with Crippen molar-refractivity contribution in [3.8, 4) is 5.75 Å². The number of ether oxygens (including phenoxy) is 2. The van der Waals surface area contributed by atoms with Gasteiger partial charge in [-0.3, -0.25) is 0 Å². The molecule has 6 heteroatoms. The Bertz CT molecular complexity index is 381. The third-order valence-corrected chi connectivity index (χ3v) is 2.87. The zero-order valence-corrected chi connectivity index (χ0v) is 11.6. The van der Waals surface area contributed by atoms with E-state index >= 15 is 0 Å². The van der Waals surface area contributed by atoms with Gasteiger partial charge in [0.2, 0.25) is 6.10 Å². The van der Waals surface area contributed by atoms with Crippen LogP contribution >= 0.6 is 31.9 Å². The average Bonchev–Trinajstić information content (AvgIpc) is 2.20. The van der Waals surface area contributed by atoms with Crippen molar-refractivity contribution < 1.29 is 19.4 Å². The fourth-order valence-electron chi connectivity index (χ4n) is 1.03. The van der Waals surface area contributed by atoms with Crippen molar-refractivity contribution in [2.75, 3.05) is 13.7 Å². The van der Waals surface area contributed by atoms with Gasteiger partial charge in [-0.1, -0.05) is 15.9 Å². The summed E-state index contributed by atoms with van der Waals surface area (Å²) in [6, 6.07) is 5.23. The molecule has 0 aliphatic rings. The molecule has 0 aliphatic carbocycles. The highest BCUT2D eigenvalue weighted by Gasteiger charge is 2.20. The highest BCUT2D eigenvalue weighted by Crippen LogP contribution is 2.28. The predicted molar refractivity (Wildman–Crippen MR) is 65.8 cm³/mol. The highest BCUT2D eigenvalue weighted by atomic mass is 79.9. The van der Waals surface area contributed by atoms with Gasteiger partial charge in [-0.2, -0.15) is 0 Å². The molecule has 88 valence electrons. The summed E-state index contributed by atoms with van der Waals surface area (Å²) in [5, 5.41) is 8.88. The largest absolute Gasteiger partial charge is 0.478 e. The summed E-state index contributed by atoms with van der Waals surface area (Å²) < 4.78 is 11.6. The maximum absolute atomic E-state index is 10.8. The van der Waals surface area contributed by atoms with E-state index in [4.69, 9.17) is 14.6 Å². The molecule has 1 unspecified atom stereocenters. The minimum absolute atomic E-state index is 0.00215. The third kappa shape index (κ3) is 3.77. The molecule has 1 rings (SSSR count). The molecule has 0 saturated heterocycles. The fourth-order valence-corrected chi connectivity index (χ4v) is 2.17. The summed E-state index contributed by atoms with van der Waals surface area (Å²) in [4.78, 5) is 10.8. The smallest absolute Gasteiger partial charge is 0.347 e. The van der Waals surface area contributed by atoms with Crippen LogP contribution < -0.4 is 4.74 Å². The van der Waals surface area contributed by atoms with Crippen LogP contribution in [-0.2, 0) is 9.53 Å². The Hall–Kier alpha value is -0.590. The Labute approximate surface area is 110 Å². The van der Waals surface area contributed by atoms with Crippen molar-refractivity contribution >= 4 is 37.8 Å². The van der Waals surface area contributed by atoms with Gasteiger partial charge in [0.15, 0.2) is 0 Å². The van der Waals surface area contributed by atoms with Crippen molar-refractivity contribution in [1.82, 2.24) is 0 Å². The highest BCUT2D eigenvalue weighted by molar-refractivity contribution is 9.11. The number of carbonyl (C=O) groups is 1. The first-order chi connectivity index (χ1) is 7.54. The number of halogens is 2. The number of aliphatic carboxylic acids is 1. The van der Waals surface area contributed by atoms with Crippen LogP contribution in [0, 0.1) is 0 Å². The summed E-state index contributed by atoms with van der Waals surface area (Å²) >= 11 is 6.58. The van der Waals surface area contributed by atoms with Gasteiger partial charge in [0.1, 0.15) is 5.75 Å². The fraction of sp³-hybridized carbons (Fsp3) is 0.300. The third-order valence-electron chi connectivity index (χ3n) is 1.76. The van der Waals surface area contributed by atoms with Gasteiger partial charge in [0, 0.05) is 11.6 Å². The summed E-state index contributed by atoms with van der Waals surface area (Å²) in [6.07, 6.45) is -1.01. The number of rotatable bonds is 5. The number of hydrogen-bond donors (Lipinski definition) is 1. The maximum atomic E-state index is 10.8. The Kier molecular flexibility index (Phi) is 5.24. The van der Waals surface area contributed by atoms with E-state index in [0.717, 1.165) is 4.47 Å². The molecule has 0 aliphatic heterocycles. The standard InChI is InChI=1S/C10H10Br2O4/c1-15-5-9(10(13)14)16-8-3-2-6(11)4-7(8)12/h2-4,9H,5H2,1H3,(H,13,14). The van der Waals surface area contributed by atoms with Crippen molar-refractivity contribution in [3.05, 3.63) is 27.1 Å². The lowest BCUT2D eigenvalue weighted by atomic mass is 10.3. The molecule has 0 saturated carbocycles. The van der Waals surface area contributed by atoms with E-state index in [2.05, 4.69) is 31.9 Å². The van der Waals surface area contributed by atoms with Crippen LogP contribution in [0.1, 0.15) is 0 Å². The topological polar surface area (TPSA) is 55.8 Å². The molecule has 0 bridgehead atoms. The molecule has 1 aromatic rings. The molecule has 4 nitrogen and oxygen atoms in total. The molecular formula is C10H10Br2O4. The van der Waals surface area contributed by atoms with Gasteiger partial charge in [-0.25, -0.2) is 4.79 Å². The van der Waals surface area contributed by atoms with Crippen LogP contribution in [-0.4, -0.2) is 30.9 Å². The first-order valence-corrected chi connectivity index (χ1v) is 5.96. The minimum Gasteiger partial charge on any atom is -0.478 e. The van der Waals surface area contributed by atoms with E-state index in [0.29, 0.717) is 10.2 Å². The summed E-state index contributed by atoms with van der Waals surface area (Å²) in [7, 11) is 1.43. The predicted octanol–water partition coefficient (Wildman–Crippen LogP) is 2.69. The second kappa shape index (κ2) is 6.22. The Morgan fingerprint density at radius 3 is 2.69 bits per heavy atom. The normalized spacial score (nSPS) is 12.2. The molecule has 1 atom stereocenters. The maximum Gasteiger partial charge on any atom is 0.347 e. The summed E-state index contributed by atoms with van der Waals surface area (Å²) in [5.41, 5.74) is 0. The number of carboxylic acid groups (broad SMARTS) is 1. The number of carboxylic acids is 1. The number of methoxy groups -OCH3 is 1. The first-order valence-electron chi connectivity index (χ1n) is 4.38. The van der Waals surface area contributed by atoms with Crippen LogP contribution in [0.25, 0.3) is 0 Å². The number of hydrogen-bond acceptors (Lipinski definition) is 3. The van der Waals surface area contributed by atoms with Crippen molar-refractivity contribution in [1.29, 1.82) is 0 Å². The molecule has 1 N–H and O–H groups in total. The van der Waals surface area contributed by atoms with Crippen LogP contribution in [0.3, 0.4) is 0 Å². The van der Waals surface area contributed by atoms with Gasteiger partial charge < -0.3 is 14.6 Å². The lowest BCUT2D eigenvalue weighted by Gasteiger charge is -2.15. The lowest BCUT2D eigenvalue weighted by Crippen LogP contribution is -2.31. The van der Waals surface area contributed by atoms with Gasteiger partial charge in [-0.05, 0) is 34.1 Å². The quantitative estimate of drug-likeness (QED) is 0.884. The molecule has 0 aromatic heterocycles. The SMILES string of the molecule is COCC(Oc1ccc(Br)cc1Br)C(=O)O. The number of benzene rings is 1. The van der Waals surface area contributed by atoms with Crippen LogP contribution in [0.4, 0.5) is 0 Å². The first kappa shape index (κ1) is 13.5. The Morgan fingerprint density at radius 2 is 2.19 bits per heavy atom. The van der Waals surface area contributed by atoms with Crippen molar-refractivity contribution in [3.63, 3.8) is 0 Å². The van der Waals surface area contributed by atoms with Crippen LogP contribution in [0.2, 0.25) is 0 Å². The molecule has 0 spiro atoms. The van der Waals surface area contributed by atoms with Gasteiger partial charge in [0.05, 0.1) is 11.1 Å². The molecule has 1 aromatic carbocycles. The van der Waals surface area contributed by atoms with Gasteiger partial charge >= 0.3 is 5.97 Å². The zero-order valence-electron chi connectivity index (χ0n) is 8.44. The van der Waals surface area contributed by atoms with Gasteiger partial charge in [0.25, 0.3) is 0 Å². The lowest BCUT2D eigenvalue weighted by molar-refractivity contribution is -0.147. The van der Waals surface area contributed by atoms with Crippen LogP contribution in [0.5, 0.6) is 5.75 Å². The second-order valence-corrected chi connectivity index (χ2v) is 4.74.